The van der Waals surface area contributed by atoms with Gasteiger partial charge in [-0.15, -0.1) is 0 Å². The van der Waals surface area contributed by atoms with Gasteiger partial charge in [-0.3, -0.25) is 0 Å². The van der Waals surface area contributed by atoms with Crippen LogP contribution < -0.4 is 0 Å². The number of ether oxygens (including phenoxy) is 5. The summed E-state index contributed by atoms with van der Waals surface area (Å²) in [5.74, 6) is -1.44. The molecule has 4 aliphatic rings. The molecule has 3 saturated heterocycles. The molecule has 1 saturated carbocycles. The molecule has 3 heterocycles. The highest BCUT2D eigenvalue weighted by Gasteiger charge is 2.92. The van der Waals surface area contributed by atoms with E-state index in [4.69, 9.17) is 23.7 Å². The second kappa shape index (κ2) is 2.77. The van der Waals surface area contributed by atoms with Crippen molar-refractivity contribution < 1.29 is 28.8 Å². The second-order valence-electron chi connectivity index (χ2n) is 6.45. The minimum absolute atomic E-state index is 0.314. The van der Waals surface area contributed by atoms with E-state index in [0.29, 0.717) is 6.61 Å². The largest absolute Gasteiger partial charge is 0.381 e. The van der Waals surface area contributed by atoms with E-state index in [9.17, 15) is 5.11 Å². The summed E-state index contributed by atoms with van der Waals surface area (Å²) in [6.07, 6.45) is -1.47. The average Bonchev–Trinajstić information content (AvgIpc) is 2.61. The third kappa shape index (κ3) is 1.10. The van der Waals surface area contributed by atoms with Crippen molar-refractivity contribution >= 4 is 0 Å². The van der Waals surface area contributed by atoms with Crippen LogP contribution >= 0.6 is 0 Å². The van der Waals surface area contributed by atoms with E-state index in [0.717, 1.165) is 0 Å². The van der Waals surface area contributed by atoms with Crippen LogP contribution in [0.2, 0.25) is 0 Å². The Morgan fingerprint density at radius 1 is 1.06 bits per heavy atom. The lowest BCUT2D eigenvalue weighted by Gasteiger charge is -2.24. The van der Waals surface area contributed by atoms with Gasteiger partial charge in [-0.25, -0.2) is 0 Å². The SMILES string of the molecule is CC1(C)OC2OC3C4(COC(C)(C)O4)[C@@]3(O)C2O1. The van der Waals surface area contributed by atoms with Crippen molar-refractivity contribution in [2.75, 3.05) is 6.61 Å². The molecule has 6 heteroatoms. The van der Waals surface area contributed by atoms with Crippen molar-refractivity contribution in [2.24, 2.45) is 0 Å². The first-order valence-electron chi connectivity index (χ1n) is 6.28. The number of aliphatic hydroxyl groups is 1. The Morgan fingerprint density at radius 2 is 1.78 bits per heavy atom. The zero-order valence-corrected chi connectivity index (χ0v) is 10.9. The smallest absolute Gasteiger partial charge is 0.190 e. The lowest BCUT2D eigenvalue weighted by Crippen LogP contribution is -2.44. The number of hydrogen-bond acceptors (Lipinski definition) is 6. The monoisotopic (exact) mass is 258 g/mol. The Morgan fingerprint density at radius 3 is 2.39 bits per heavy atom. The van der Waals surface area contributed by atoms with Crippen LogP contribution in [0.5, 0.6) is 0 Å². The fourth-order valence-electron chi connectivity index (χ4n) is 3.45. The number of rotatable bonds is 0. The zero-order chi connectivity index (χ0) is 13.0. The van der Waals surface area contributed by atoms with Crippen molar-refractivity contribution in [1.82, 2.24) is 0 Å². The molecule has 6 nitrogen and oxygen atoms in total. The van der Waals surface area contributed by atoms with Gasteiger partial charge < -0.3 is 28.8 Å². The van der Waals surface area contributed by atoms with Crippen molar-refractivity contribution in [3.8, 4) is 0 Å². The fourth-order valence-corrected chi connectivity index (χ4v) is 3.45. The molecule has 102 valence electrons. The van der Waals surface area contributed by atoms with Crippen molar-refractivity contribution in [3.63, 3.8) is 0 Å². The Balaban J connectivity index is 1.64. The molecule has 4 fully saturated rings. The minimum Gasteiger partial charge on any atom is -0.381 e. The Hall–Kier alpha value is -0.240. The van der Waals surface area contributed by atoms with Gasteiger partial charge in [-0.1, -0.05) is 0 Å². The predicted octanol–water partition coefficient (Wildman–Crippen LogP) is 0.129. The molecule has 0 aromatic rings. The van der Waals surface area contributed by atoms with Gasteiger partial charge >= 0.3 is 0 Å². The van der Waals surface area contributed by atoms with E-state index in [1.54, 1.807) is 13.8 Å². The number of hydrogen-bond donors (Lipinski definition) is 1. The Bertz CT molecular complexity index is 419. The van der Waals surface area contributed by atoms with Crippen molar-refractivity contribution in [3.05, 3.63) is 0 Å². The van der Waals surface area contributed by atoms with E-state index in [-0.39, 0.29) is 0 Å². The van der Waals surface area contributed by atoms with Crippen LogP contribution in [-0.2, 0) is 23.7 Å². The van der Waals surface area contributed by atoms with Gasteiger partial charge in [0.15, 0.2) is 29.1 Å². The molecule has 1 N–H and O–H groups in total. The van der Waals surface area contributed by atoms with E-state index >= 15 is 0 Å². The summed E-state index contributed by atoms with van der Waals surface area (Å²) in [7, 11) is 0. The highest BCUT2D eigenvalue weighted by molar-refractivity contribution is 5.38. The van der Waals surface area contributed by atoms with Gasteiger partial charge in [0.2, 0.25) is 0 Å². The summed E-state index contributed by atoms with van der Waals surface area (Å²) < 4.78 is 28.5. The summed E-state index contributed by atoms with van der Waals surface area (Å²) >= 11 is 0. The summed E-state index contributed by atoms with van der Waals surface area (Å²) in [4.78, 5) is 0. The second-order valence-corrected chi connectivity index (χ2v) is 6.45. The van der Waals surface area contributed by atoms with Crippen LogP contribution in [0, 0.1) is 0 Å². The lowest BCUT2D eigenvalue weighted by atomic mass is 10.1. The molecule has 0 bridgehead atoms. The van der Waals surface area contributed by atoms with E-state index in [1.165, 1.54) is 0 Å². The van der Waals surface area contributed by atoms with E-state index in [2.05, 4.69) is 0 Å². The Kier molecular flexibility index (Phi) is 1.78. The fraction of sp³-hybridized carbons (Fsp3) is 1.00. The molecule has 5 atom stereocenters. The van der Waals surface area contributed by atoms with Crippen LogP contribution in [0.3, 0.4) is 0 Å². The predicted molar refractivity (Wildman–Crippen MR) is 57.5 cm³/mol. The molecule has 4 unspecified atom stereocenters. The first-order chi connectivity index (χ1) is 8.20. The summed E-state index contributed by atoms with van der Waals surface area (Å²) in [6, 6.07) is 0. The van der Waals surface area contributed by atoms with Gasteiger partial charge in [0, 0.05) is 0 Å². The quantitative estimate of drug-likeness (QED) is 0.666. The van der Waals surface area contributed by atoms with Gasteiger partial charge in [-0.2, -0.15) is 0 Å². The maximum Gasteiger partial charge on any atom is 0.190 e. The molecule has 0 amide bonds. The summed E-state index contributed by atoms with van der Waals surface area (Å²) in [5.41, 5.74) is -1.97. The van der Waals surface area contributed by atoms with Crippen LogP contribution in [-0.4, -0.2) is 53.0 Å². The van der Waals surface area contributed by atoms with Crippen LogP contribution in [0.15, 0.2) is 0 Å². The van der Waals surface area contributed by atoms with Crippen molar-refractivity contribution in [2.45, 2.75) is 69.0 Å². The molecule has 4 rings (SSSR count). The maximum atomic E-state index is 10.8. The van der Waals surface area contributed by atoms with E-state index in [1.807, 2.05) is 13.8 Å². The molecule has 1 aliphatic carbocycles. The molecule has 1 spiro atoms. The lowest BCUT2D eigenvalue weighted by molar-refractivity contribution is -0.204. The molecular formula is C12H18O6. The highest BCUT2D eigenvalue weighted by atomic mass is 16.9. The Labute approximate surface area is 105 Å². The summed E-state index contributed by atoms with van der Waals surface area (Å²) in [5, 5.41) is 10.8. The molecule has 0 aromatic carbocycles. The van der Waals surface area contributed by atoms with Gasteiger partial charge in [0.05, 0.1) is 6.61 Å². The van der Waals surface area contributed by atoms with Gasteiger partial charge in [0.1, 0.15) is 12.2 Å². The highest BCUT2D eigenvalue weighted by Crippen LogP contribution is 2.67. The van der Waals surface area contributed by atoms with Gasteiger partial charge in [0.25, 0.3) is 0 Å². The van der Waals surface area contributed by atoms with Crippen LogP contribution in [0.4, 0.5) is 0 Å². The average molecular weight is 258 g/mol. The number of fused-ring (bicyclic) bond motifs is 5. The first kappa shape index (κ1) is 11.6. The van der Waals surface area contributed by atoms with Crippen LogP contribution in [0.25, 0.3) is 0 Å². The molecule has 0 radical (unpaired) electrons. The minimum atomic E-state index is -1.17. The van der Waals surface area contributed by atoms with Crippen molar-refractivity contribution in [1.29, 1.82) is 0 Å². The topological polar surface area (TPSA) is 66.4 Å². The standard InChI is InChI=1S/C12H18O6/c1-9(2)14-5-11(18-9)8-12(11,13)6-7(15-8)17-10(3,4)16-6/h6-8,13H,5H2,1-4H3/t6?,7?,8?,11?,12-/m1/s1. The molecule has 3 aliphatic heterocycles. The normalized spacial score (nSPS) is 58.8. The third-order valence-electron chi connectivity index (χ3n) is 4.24. The molecule has 0 aromatic heterocycles. The third-order valence-corrected chi connectivity index (χ3v) is 4.24. The summed E-state index contributed by atoms with van der Waals surface area (Å²) in [6.45, 7) is 7.57. The van der Waals surface area contributed by atoms with Gasteiger partial charge in [-0.05, 0) is 27.7 Å². The molecular weight excluding hydrogens is 240 g/mol. The zero-order valence-electron chi connectivity index (χ0n) is 10.9. The van der Waals surface area contributed by atoms with E-state index < -0.39 is 41.3 Å². The molecule has 18 heavy (non-hydrogen) atoms. The first-order valence-corrected chi connectivity index (χ1v) is 6.28. The van der Waals surface area contributed by atoms with Crippen LogP contribution in [0.1, 0.15) is 27.7 Å². The maximum absolute atomic E-state index is 10.8.